The Bertz CT molecular complexity index is 855. The molecule has 27 heavy (non-hydrogen) atoms. The van der Waals surface area contributed by atoms with Crippen molar-refractivity contribution in [1.82, 2.24) is 25.1 Å². The number of hydrogen-bond acceptors (Lipinski definition) is 5. The Labute approximate surface area is 158 Å². The summed E-state index contributed by atoms with van der Waals surface area (Å²) in [6, 6.07) is 9.95. The predicted molar refractivity (Wildman–Crippen MR) is 102 cm³/mol. The van der Waals surface area contributed by atoms with Crippen molar-refractivity contribution >= 4 is 11.7 Å². The first kappa shape index (κ1) is 17.2. The third kappa shape index (κ3) is 4.13. The SMILES string of the molecule is O=C(NCc1ccc(-n2cccn2)cc1)C1CCN(c2cnccn2)CC1. The van der Waals surface area contributed by atoms with E-state index in [-0.39, 0.29) is 11.8 Å². The van der Waals surface area contributed by atoms with Gasteiger partial charge in [0, 0.05) is 50.3 Å². The Kier molecular flexibility index (Phi) is 5.09. The lowest BCUT2D eigenvalue weighted by Crippen LogP contribution is -2.40. The summed E-state index contributed by atoms with van der Waals surface area (Å²) in [5.74, 6) is 1.07. The molecule has 7 nitrogen and oxygen atoms in total. The maximum atomic E-state index is 12.5. The van der Waals surface area contributed by atoms with Crippen LogP contribution >= 0.6 is 0 Å². The number of benzene rings is 1. The number of rotatable bonds is 5. The van der Waals surface area contributed by atoms with Gasteiger partial charge in [-0.15, -0.1) is 0 Å². The molecule has 1 saturated heterocycles. The van der Waals surface area contributed by atoms with E-state index < -0.39 is 0 Å². The van der Waals surface area contributed by atoms with E-state index in [0.29, 0.717) is 6.54 Å². The van der Waals surface area contributed by atoms with Gasteiger partial charge in [-0.05, 0) is 36.6 Å². The molecule has 0 unspecified atom stereocenters. The number of piperidine rings is 1. The van der Waals surface area contributed by atoms with Gasteiger partial charge in [-0.25, -0.2) is 9.67 Å². The Morgan fingerprint density at radius 2 is 1.93 bits per heavy atom. The molecule has 4 rings (SSSR count). The highest BCUT2D eigenvalue weighted by molar-refractivity contribution is 5.79. The summed E-state index contributed by atoms with van der Waals surface area (Å²) in [5.41, 5.74) is 2.09. The van der Waals surface area contributed by atoms with Crippen molar-refractivity contribution in [3.05, 3.63) is 66.9 Å². The van der Waals surface area contributed by atoms with Crippen LogP contribution in [-0.2, 0) is 11.3 Å². The van der Waals surface area contributed by atoms with E-state index in [1.165, 1.54) is 0 Å². The Balaban J connectivity index is 1.26. The van der Waals surface area contributed by atoms with Gasteiger partial charge in [0.15, 0.2) is 0 Å². The normalized spacial score (nSPS) is 14.9. The molecule has 7 heteroatoms. The zero-order chi connectivity index (χ0) is 18.5. The second-order valence-corrected chi connectivity index (χ2v) is 6.66. The van der Waals surface area contributed by atoms with Crippen LogP contribution in [0.15, 0.2) is 61.3 Å². The Morgan fingerprint density at radius 3 is 2.59 bits per heavy atom. The summed E-state index contributed by atoms with van der Waals surface area (Å²) in [4.78, 5) is 23.1. The van der Waals surface area contributed by atoms with E-state index in [1.54, 1.807) is 24.8 Å². The van der Waals surface area contributed by atoms with E-state index in [4.69, 9.17) is 0 Å². The van der Waals surface area contributed by atoms with E-state index >= 15 is 0 Å². The summed E-state index contributed by atoms with van der Waals surface area (Å²) in [5, 5.41) is 7.28. The van der Waals surface area contributed by atoms with Gasteiger partial charge in [0.25, 0.3) is 0 Å². The number of anilines is 1. The van der Waals surface area contributed by atoms with Gasteiger partial charge in [0.2, 0.25) is 5.91 Å². The number of amides is 1. The van der Waals surface area contributed by atoms with Crippen LogP contribution in [0, 0.1) is 5.92 Å². The quantitative estimate of drug-likeness (QED) is 0.753. The van der Waals surface area contributed by atoms with Gasteiger partial charge < -0.3 is 10.2 Å². The first-order valence-electron chi connectivity index (χ1n) is 9.17. The maximum Gasteiger partial charge on any atom is 0.223 e. The standard InChI is InChI=1S/C20H22N6O/c27-20(17-6-12-25(13-7-17)19-15-21-9-10-22-19)23-14-16-2-4-18(5-3-16)26-11-1-8-24-26/h1-5,8-11,15,17H,6-7,12-14H2,(H,23,27). The molecule has 0 atom stereocenters. The fourth-order valence-electron chi connectivity index (χ4n) is 3.35. The van der Waals surface area contributed by atoms with Crippen molar-refractivity contribution < 1.29 is 4.79 Å². The summed E-state index contributed by atoms with van der Waals surface area (Å²) in [6.07, 6.45) is 10.5. The Morgan fingerprint density at radius 1 is 1.11 bits per heavy atom. The number of hydrogen-bond donors (Lipinski definition) is 1. The van der Waals surface area contributed by atoms with Gasteiger partial charge in [0.05, 0.1) is 11.9 Å². The van der Waals surface area contributed by atoms with Crippen LogP contribution in [0.25, 0.3) is 5.69 Å². The predicted octanol–water partition coefficient (Wildman–Crippen LogP) is 2.20. The molecule has 0 radical (unpaired) electrons. The topological polar surface area (TPSA) is 75.9 Å². The molecule has 1 N–H and O–H groups in total. The molecule has 138 valence electrons. The summed E-state index contributed by atoms with van der Waals surface area (Å²) < 4.78 is 1.81. The van der Waals surface area contributed by atoms with Crippen molar-refractivity contribution in [2.45, 2.75) is 19.4 Å². The second-order valence-electron chi connectivity index (χ2n) is 6.66. The van der Waals surface area contributed by atoms with Gasteiger partial charge in [-0.1, -0.05) is 12.1 Å². The van der Waals surface area contributed by atoms with Crippen molar-refractivity contribution in [3.63, 3.8) is 0 Å². The number of nitrogens with one attached hydrogen (secondary N) is 1. The van der Waals surface area contributed by atoms with Crippen LogP contribution in [0.5, 0.6) is 0 Å². The molecule has 1 aliphatic rings. The Hall–Kier alpha value is -3.22. The highest BCUT2D eigenvalue weighted by Gasteiger charge is 2.25. The van der Waals surface area contributed by atoms with Gasteiger partial charge in [0.1, 0.15) is 5.82 Å². The molecule has 3 aromatic rings. The zero-order valence-corrected chi connectivity index (χ0v) is 15.0. The highest BCUT2D eigenvalue weighted by atomic mass is 16.1. The van der Waals surface area contributed by atoms with E-state index in [9.17, 15) is 4.79 Å². The van der Waals surface area contributed by atoms with Crippen LogP contribution in [-0.4, -0.2) is 38.7 Å². The average molecular weight is 362 g/mol. The summed E-state index contributed by atoms with van der Waals surface area (Å²) in [6.45, 7) is 2.20. The monoisotopic (exact) mass is 362 g/mol. The molecule has 1 amide bonds. The molecular weight excluding hydrogens is 340 g/mol. The van der Waals surface area contributed by atoms with Gasteiger partial charge in [-0.2, -0.15) is 5.10 Å². The molecule has 3 heterocycles. The number of nitrogens with zero attached hydrogens (tertiary/aromatic N) is 5. The van der Waals surface area contributed by atoms with Crippen LogP contribution in [0.3, 0.4) is 0 Å². The first-order valence-corrected chi connectivity index (χ1v) is 9.17. The summed E-state index contributed by atoms with van der Waals surface area (Å²) in [7, 11) is 0. The molecule has 0 bridgehead atoms. The lowest BCUT2D eigenvalue weighted by molar-refractivity contribution is -0.125. The van der Waals surface area contributed by atoms with Crippen molar-refractivity contribution in [2.24, 2.45) is 5.92 Å². The second kappa shape index (κ2) is 7.99. The fraction of sp³-hybridized carbons (Fsp3) is 0.300. The summed E-state index contributed by atoms with van der Waals surface area (Å²) >= 11 is 0. The van der Waals surface area contributed by atoms with E-state index in [0.717, 1.165) is 43.0 Å². The van der Waals surface area contributed by atoms with Gasteiger partial charge >= 0.3 is 0 Å². The van der Waals surface area contributed by atoms with Crippen LogP contribution in [0.1, 0.15) is 18.4 Å². The van der Waals surface area contributed by atoms with Crippen molar-refractivity contribution in [3.8, 4) is 5.69 Å². The molecule has 0 spiro atoms. The largest absolute Gasteiger partial charge is 0.355 e. The molecule has 1 aromatic carbocycles. The number of aromatic nitrogens is 4. The molecule has 0 saturated carbocycles. The van der Waals surface area contributed by atoms with Crippen molar-refractivity contribution in [2.75, 3.05) is 18.0 Å². The smallest absolute Gasteiger partial charge is 0.223 e. The zero-order valence-electron chi connectivity index (χ0n) is 15.0. The van der Waals surface area contributed by atoms with Crippen molar-refractivity contribution in [1.29, 1.82) is 0 Å². The molecule has 1 fully saturated rings. The average Bonchev–Trinajstić information content (AvgIpc) is 3.28. The van der Waals surface area contributed by atoms with Crippen LogP contribution in [0.4, 0.5) is 5.82 Å². The third-order valence-electron chi connectivity index (χ3n) is 4.91. The molecule has 1 aliphatic heterocycles. The number of carbonyl (C=O) groups excluding carboxylic acids is 1. The van der Waals surface area contributed by atoms with E-state index in [2.05, 4.69) is 25.3 Å². The lowest BCUT2D eigenvalue weighted by Gasteiger charge is -2.31. The van der Waals surface area contributed by atoms with Gasteiger partial charge in [-0.3, -0.25) is 9.78 Å². The first-order chi connectivity index (χ1) is 13.3. The lowest BCUT2D eigenvalue weighted by atomic mass is 9.96. The minimum atomic E-state index is 0.0567. The van der Waals surface area contributed by atoms with Crippen LogP contribution in [0.2, 0.25) is 0 Å². The van der Waals surface area contributed by atoms with Crippen LogP contribution < -0.4 is 10.2 Å². The number of carbonyl (C=O) groups is 1. The third-order valence-corrected chi connectivity index (χ3v) is 4.91. The molecule has 0 aliphatic carbocycles. The van der Waals surface area contributed by atoms with E-state index in [1.807, 2.05) is 41.2 Å². The maximum absolute atomic E-state index is 12.5. The molecular formula is C20H22N6O. The highest BCUT2D eigenvalue weighted by Crippen LogP contribution is 2.21. The minimum Gasteiger partial charge on any atom is -0.355 e. The minimum absolute atomic E-state index is 0.0567. The fourth-order valence-corrected chi connectivity index (χ4v) is 3.35. The molecule has 2 aromatic heterocycles.